The molecule has 0 radical (unpaired) electrons. The van der Waals surface area contributed by atoms with Gasteiger partial charge in [0.05, 0.1) is 6.21 Å². The molecule has 3 aromatic rings. The highest BCUT2D eigenvalue weighted by Gasteiger charge is 2.37. The number of hydrazone groups is 1. The van der Waals surface area contributed by atoms with Crippen LogP contribution >= 0.6 is 0 Å². The average Bonchev–Trinajstić information content (AvgIpc) is 2.77. The van der Waals surface area contributed by atoms with Crippen LogP contribution in [0, 0.1) is 0 Å². The quantitative estimate of drug-likeness (QED) is 0.383. The van der Waals surface area contributed by atoms with Crippen molar-refractivity contribution >= 4 is 28.6 Å². The summed E-state index contributed by atoms with van der Waals surface area (Å²) in [7, 11) is 0. The van der Waals surface area contributed by atoms with E-state index in [9.17, 15) is 4.79 Å². The average molecular weight is 444 g/mol. The van der Waals surface area contributed by atoms with Crippen LogP contribution in [-0.4, -0.2) is 30.3 Å². The van der Waals surface area contributed by atoms with Gasteiger partial charge in [-0.3, -0.25) is 4.79 Å². The number of rotatable bonds is 6. The van der Waals surface area contributed by atoms with E-state index in [1.165, 1.54) is 11.3 Å². The topological polar surface area (TPSA) is 53.9 Å². The van der Waals surface area contributed by atoms with Crippen molar-refractivity contribution in [3.8, 4) is 5.75 Å². The minimum Gasteiger partial charge on any atom is -0.483 e. The molecule has 4 rings (SSSR count). The summed E-state index contributed by atoms with van der Waals surface area (Å²) < 4.78 is 5.73. The van der Waals surface area contributed by atoms with Crippen molar-refractivity contribution in [3.63, 3.8) is 0 Å². The third-order valence-corrected chi connectivity index (χ3v) is 6.33. The lowest BCUT2D eigenvalue weighted by atomic mass is 9.79. The van der Waals surface area contributed by atoms with Gasteiger partial charge in [0.1, 0.15) is 5.75 Å². The molecule has 33 heavy (non-hydrogen) atoms. The zero-order valence-electron chi connectivity index (χ0n) is 20.1. The van der Waals surface area contributed by atoms with Crippen molar-refractivity contribution in [1.29, 1.82) is 0 Å². The maximum atomic E-state index is 12.3. The number of amides is 1. The Morgan fingerprint density at radius 2 is 1.94 bits per heavy atom. The van der Waals surface area contributed by atoms with Crippen LogP contribution in [0.2, 0.25) is 0 Å². The molecule has 172 valence electrons. The SMILES string of the molecule is CC1CC(C)(C)N(C(C)C)c2ccc(/C=N\NC(=O)COc3cccc4ccccc34)cc21. The van der Waals surface area contributed by atoms with Crippen LogP contribution < -0.4 is 15.1 Å². The molecule has 1 heterocycles. The van der Waals surface area contributed by atoms with Gasteiger partial charge in [0, 0.05) is 22.7 Å². The number of hydrogen-bond donors (Lipinski definition) is 1. The van der Waals surface area contributed by atoms with Crippen molar-refractivity contribution in [1.82, 2.24) is 5.43 Å². The van der Waals surface area contributed by atoms with E-state index in [0.29, 0.717) is 17.7 Å². The predicted molar refractivity (Wildman–Crippen MR) is 136 cm³/mol. The van der Waals surface area contributed by atoms with Crippen LogP contribution in [0.15, 0.2) is 65.8 Å². The third-order valence-electron chi connectivity index (χ3n) is 6.33. The first-order valence-corrected chi connectivity index (χ1v) is 11.6. The molecule has 5 nitrogen and oxygen atoms in total. The molecule has 1 N–H and O–H groups in total. The van der Waals surface area contributed by atoms with E-state index < -0.39 is 0 Å². The van der Waals surface area contributed by atoms with Gasteiger partial charge in [0.15, 0.2) is 6.61 Å². The number of ether oxygens (including phenoxy) is 1. The minimum atomic E-state index is -0.293. The fraction of sp³-hybridized carbons (Fsp3) is 0.357. The van der Waals surface area contributed by atoms with E-state index in [0.717, 1.165) is 22.8 Å². The number of fused-ring (bicyclic) bond motifs is 2. The molecule has 1 aliphatic heterocycles. The minimum absolute atomic E-state index is 0.0923. The van der Waals surface area contributed by atoms with Gasteiger partial charge in [-0.15, -0.1) is 0 Å². The normalized spacial score (nSPS) is 17.4. The first kappa shape index (κ1) is 22.8. The van der Waals surface area contributed by atoms with E-state index in [1.807, 2.05) is 42.5 Å². The van der Waals surface area contributed by atoms with E-state index in [2.05, 4.69) is 68.2 Å². The van der Waals surface area contributed by atoms with Gasteiger partial charge in [0.25, 0.3) is 5.91 Å². The third kappa shape index (κ3) is 4.87. The Bertz CT molecular complexity index is 1180. The summed E-state index contributed by atoms with van der Waals surface area (Å²) in [5.41, 5.74) is 6.29. The van der Waals surface area contributed by atoms with Crippen molar-refractivity contribution in [2.45, 2.75) is 58.5 Å². The molecule has 0 aliphatic carbocycles. The van der Waals surface area contributed by atoms with Crippen LogP contribution in [0.4, 0.5) is 5.69 Å². The summed E-state index contributed by atoms with van der Waals surface area (Å²) in [4.78, 5) is 14.8. The van der Waals surface area contributed by atoms with Crippen molar-refractivity contribution in [2.24, 2.45) is 5.10 Å². The Kier molecular flexibility index (Phi) is 6.41. The summed E-state index contributed by atoms with van der Waals surface area (Å²) in [6.45, 7) is 11.3. The van der Waals surface area contributed by atoms with E-state index in [-0.39, 0.29) is 18.1 Å². The van der Waals surface area contributed by atoms with Crippen LogP contribution in [0.3, 0.4) is 0 Å². The van der Waals surface area contributed by atoms with Crippen molar-refractivity contribution < 1.29 is 9.53 Å². The second-order valence-corrected chi connectivity index (χ2v) is 9.76. The highest BCUT2D eigenvalue weighted by Crippen LogP contribution is 2.44. The first-order chi connectivity index (χ1) is 15.8. The Morgan fingerprint density at radius 1 is 1.18 bits per heavy atom. The van der Waals surface area contributed by atoms with Crippen molar-refractivity contribution in [2.75, 3.05) is 11.5 Å². The lowest BCUT2D eigenvalue weighted by Crippen LogP contribution is -2.51. The first-order valence-electron chi connectivity index (χ1n) is 11.6. The number of carbonyl (C=O) groups excluding carboxylic acids is 1. The van der Waals surface area contributed by atoms with Crippen LogP contribution in [0.25, 0.3) is 10.8 Å². The zero-order valence-corrected chi connectivity index (χ0v) is 20.1. The number of benzene rings is 3. The van der Waals surface area contributed by atoms with Crippen LogP contribution in [0.1, 0.15) is 58.1 Å². The molecule has 1 atom stereocenters. The Balaban J connectivity index is 1.40. The summed E-state index contributed by atoms with van der Waals surface area (Å²) in [5.74, 6) is 0.855. The smallest absolute Gasteiger partial charge is 0.277 e. The molecule has 0 fully saturated rings. The summed E-state index contributed by atoms with van der Waals surface area (Å²) in [6, 6.07) is 20.6. The highest BCUT2D eigenvalue weighted by atomic mass is 16.5. The summed E-state index contributed by atoms with van der Waals surface area (Å²) in [5, 5.41) is 6.22. The fourth-order valence-corrected chi connectivity index (χ4v) is 5.20. The molecule has 0 saturated heterocycles. The molecule has 0 spiro atoms. The summed E-state index contributed by atoms with van der Waals surface area (Å²) >= 11 is 0. The largest absolute Gasteiger partial charge is 0.483 e. The number of carbonyl (C=O) groups is 1. The standard InChI is InChI=1S/C28H33N3O2/c1-19(2)31-25-14-13-21(15-24(25)20(3)16-28(31,4)5)17-29-30-27(32)18-33-26-12-8-10-22-9-6-7-11-23(22)26/h6-15,17,19-20H,16,18H2,1-5H3,(H,30,32)/b29-17-. The molecular weight excluding hydrogens is 410 g/mol. The number of hydrogen-bond acceptors (Lipinski definition) is 4. The second kappa shape index (κ2) is 9.26. The van der Waals surface area contributed by atoms with E-state index in [4.69, 9.17) is 4.74 Å². The number of nitrogens with zero attached hydrogens (tertiary/aromatic N) is 2. The summed E-state index contributed by atoms with van der Waals surface area (Å²) in [6.07, 6.45) is 2.79. The van der Waals surface area contributed by atoms with Gasteiger partial charge in [-0.25, -0.2) is 5.43 Å². The fourth-order valence-electron chi connectivity index (χ4n) is 5.20. The predicted octanol–water partition coefficient (Wildman–Crippen LogP) is 5.87. The molecular formula is C28H33N3O2. The van der Waals surface area contributed by atoms with Gasteiger partial charge < -0.3 is 9.64 Å². The van der Waals surface area contributed by atoms with E-state index in [1.54, 1.807) is 6.21 Å². The van der Waals surface area contributed by atoms with Crippen molar-refractivity contribution in [3.05, 3.63) is 71.8 Å². The maximum absolute atomic E-state index is 12.3. The molecule has 3 aromatic carbocycles. The monoisotopic (exact) mass is 443 g/mol. The molecule has 1 aliphatic rings. The zero-order chi connectivity index (χ0) is 23.6. The van der Waals surface area contributed by atoms with Gasteiger partial charge in [-0.1, -0.05) is 49.4 Å². The molecule has 5 heteroatoms. The van der Waals surface area contributed by atoms with Gasteiger partial charge in [-0.05, 0) is 74.7 Å². The Morgan fingerprint density at radius 3 is 2.73 bits per heavy atom. The molecule has 0 aromatic heterocycles. The second-order valence-electron chi connectivity index (χ2n) is 9.76. The van der Waals surface area contributed by atoms with Crippen LogP contribution in [-0.2, 0) is 4.79 Å². The van der Waals surface area contributed by atoms with Gasteiger partial charge >= 0.3 is 0 Å². The van der Waals surface area contributed by atoms with Gasteiger partial charge in [0.2, 0.25) is 0 Å². The number of nitrogens with one attached hydrogen (secondary N) is 1. The molecule has 1 amide bonds. The van der Waals surface area contributed by atoms with Crippen LogP contribution in [0.5, 0.6) is 5.75 Å². The Hall–Kier alpha value is -3.34. The van der Waals surface area contributed by atoms with E-state index >= 15 is 0 Å². The number of anilines is 1. The highest BCUT2D eigenvalue weighted by molar-refractivity contribution is 5.89. The maximum Gasteiger partial charge on any atom is 0.277 e. The molecule has 0 saturated carbocycles. The Labute approximate surface area is 196 Å². The lowest BCUT2D eigenvalue weighted by Gasteiger charge is -2.50. The van der Waals surface area contributed by atoms with Gasteiger partial charge in [-0.2, -0.15) is 5.10 Å². The lowest BCUT2D eigenvalue weighted by molar-refractivity contribution is -0.123. The molecule has 0 bridgehead atoms. The molecule has 1 unspecified atom stereocenters.